The minimum atomic E-state index is -0.223. The normalized spacial score (nSPS) is 21.7. The zero-order valence-corrected chi connectivity index (χ0v) is 10.3. The van der Waals surface area contributed by atoms with Gasteiger partial charge in [-0.3, -0.25) is 0 Å². The molecule has 1 aromatic heterocycles. The minimum Gasteiger partial charge on any atom is -0.376 e. The molecule has 2 heterocycles. The maximum atomic E-state index is 5.90. The van der Waals surface area contributed by atoms with Gasteiger partial charge in [-0.1, -0.05) is 5.16 Å². The smallest absolute Gasteiger partial charge is 0.226 e. The molecule has 1 aliphatic heterocycles. The Morgan fingerprint density at radius 2 is 2.24 bits per heavy atom. The van der Waals surface area contributed by atoms with Crippen LogP contribution in [0, 0.1) is 0 Å². The molecule has 96 valence electrons. The predicted molar refractivity (Wildman–Crippen MR) is 60.4 cm³/mol. The molecule has 0 aromatic carbocycles. The van der Waals surface area contributed by atoms with Crippen molar-refractivity contribution in [1.82, 2.24) is 10.1 Å². The van der Waals surface area contributed by atoms with Crippen molar-refractivity contribution in [3.8, 4) is 0 Å². The highest BCUT2D eigenvalue weighted by Crippen LogP contribution is 2.18. The van der Waals surface area contributed by atoms with E-state index in [1.165, 1.54) is 0 Å². The molecule has 1 aliphatic rings. The molecule has 2 rings (SSSR count). The SMILES string of the molecule is CC(C)(N)CCc1nc(C2COCCO2)no1. The van der Waals surface area contributed by atoms with Gasteiger partial charge in [-0.15, -0.1) is 0 Å². The monoisotopic (exact) mass is 241 g/mol. The van der Waals surface area contributed by atoms with Gasteiger partial charge in [0.15, 0.2) is 0 Å². The summed E-state index contributed by atoms with van der Waals surface area (Å²) in [5.41, 5.74) is 5.68. The van der Waals surface area contributed by atoms with Gasteiger partial charge in [0.1, 0.15) is 6.10 Å². The Labute approximate surface area is 100 Å². The fourth-order valence-corrected chi connectivity index (χ4v) is 1.57. The number of aryl methyl sites for hydroxylation is 1. The van der Waals surface area contributed by atoms with Crippen LogP contribution in [0.25, 0.3) is 0 Å². The summed E-state index contributed by atoms with van der Waals surface area (Å²) in [7, 11) is 0. The molecule has 1 saturated heterocycles. The summed E-state index contributed by atoms with van der Waals surface area (Å²) in [5.74, 6) is 1.17. The third-order valence-electron chi connectivity index (χ3n) is 2.57. The van der Waals surface area contributed by atoms with Crippen molar-refractivity contribution in [2.75, 3.05) is 19.8 Å². The summed E-state index contributed by atoms with van der Waals surface area (Å²) in [6.07, 6.45) is 1.29. The highest BCUT2D eigenvalue weighted by Gasteiger charge is 2.22. The predicted octanol–water partition coefficient (Wildman–Crippen LogP) is 0.827. The van der Waals surface area contributed by atoms with Crippen LogP contribution >= 0.6 is 0 Å². The first-order chi connectivity index (χ1) is 8.04. The van der Waals surface area contributed by atoms with Gasteiger partial charge in [0.05, 0.1) is 19.8 Å². The van der Waals surface area contributed by atoms with E-state index < -0.39 is 0 Å². The highest BCUT2D eigenvalue weighted by atomic mass is 16.6. The van der Waals surface area contributed by atoms with E-state index >= 15 is 0 Å². The first-order valence-corrected chi connectivity index (χ1v) is 5.85. The number of ether oxygens (including phenoxy) is 2. The van der Waals surface area contributed by atoms with Crippen molar-refractivity contribution >= 4 is 0 Å². The Bertz CT molecular complexity index is 353. The van der Waals surface area contributed by atoms with Crippen LogP contribution in [0.1, 0.15) is 38.1 Å². The van der Waals surface area contributed by atoms with Gasteiger partial charge in [0.25, 0.3) is 0 Å². The van der Waals surface area contributed by atoms with Gasteiger partial charge in [-0.05, 0) is 20.3 Å². The van der Waals surface area contributed by atoms with E-state index in [9.17, 15) is 0 Å². The molecule has 0 bridgehead atoms. The van der Waals surface area contributed by atoms with Crippen molar-refractivity contribution in [3.05, 3.63) is 11.7 Å². The number of aromatic nitrogens is 2. The molecule has 1 unspecified atom stereocenters. The van der Waals surface area contributed by atoms with E-state index in [-0.39, 0.29) is 11.6 Å². The van der Waals surface area contributed by atoms with Crippen LogP contribution in [-0.4, -0.2) is 35.5 Å². The van der Waals surface area contributed by atoms with Gasteiger partial charge in [0, 0.05) is 12.0 Å². The van der Waals surface area contributed by atoms with Gasteiger partial charge in [0.2, 0.25) is 11.7 Å². The largest absolute Gasteiger partial charge is 0.376 e. The summed E-state index contributed by atoms with van der Waals surface area (Å²) in [5, 5.41) is 3.91. The van der Waals surface area contributed by atoms with Crippen LogP contribution in [0.4, 0.5) is 0 Å². The molecule has 0 amide bonds. The molecule has 17 heavy (non-hydrogen) atoms. The molecule has 1 atom stereocenters. The third kappa shape index (κ3) is 3.76. The topological polar surface area (TPSA) is 83.4 Å². The quantitative estimate of drug-likeness (QED) is 0.840. The summed E-state index contributed by atoms with van der Waals surface area (Å²) in [6.45, 7) is 5.64. The summed E-state index contributed by atoms with van der Waals surface area (Å²) in [6, 6.07) is 0. The first-order valence-electron chi connectivity index (χ1n) is 5.85. The maximum Gasteiger partial charge on any atom is 0.226 e. The van der Waals surface area contributed by atoms with E-state index in [1.807, 2.05) is 13.8 Å². The second-order valence-corrected chi connectivity index (χ2v) is 4.97. The second kappa shape index (κ2) is 5.12. The van der Waals surface area contributed by atoms with Gasteiger partial charge in [-0.2, -0.15) is 4.98 Å². The zero-order valence-electron chi connectivity index (χ0n) is 10.3. The number of hydrogen-bond acceptors (Lipinski definition) is 6. The lowest BCUT2D eigenvalue weighted by atomic mass is 10.0. The molecule has 6 nitrogen and oxygen atoms in total. The third-order valence-corrected chi connectivity index (χ3v) is 2.57. The summed E-state index contributed by atoms with van der Waals surface area (Å²) in [4.78, 5) is 4.30. The van der Waals surface area contributed by atoms with Crippen LogP contribution in [0.15, 0.2) is 4.52 Å². The van der Waals surface area contributed by atoms with Crippen molar-refractivity contribution in [3.63, 3.8) is 0 Å². The van der Waals surface area contributed by atoms with E-state index in [4.69, 9.17) is 19.7 Å². The second-order valence-electron chi connectivity index (χ2n) is 4.97. The fraction of sp³-hybridized carbons (Fsp3) is 0.818. The molecule has 1 aromatic rings. The van der Waals surface area contributed by atoms with Crippen LogP contribution in [0.3, 0.4) is 0 Å². The van der Waals surface area contributed by atoms with Gasteiger partial charge < -0.3 is 19.7 Å². The van der Waals surface area contributed by atoms with Crippen LogP contribution in [0.2, 0.25) is 0 Å². The standard InChI is InChI=1S/C11H19N3O3/c1-11(2,12)4-3-9-13-10(14-17-9)8-7-15-5-6-16-8/h8H,3-7,12H2,1-2H3. The Morgan fingerprint density at radius 3 is 2.88 bits per heavy atom. The lowest BCUT2D eigenvalue weighted by molar-refractivity contribution is -0.0941. The number of nitrogens with zero attached hydrogens (tertiary/aromatic N) is 2. The van der Waals surface area contributed by atoms with E-state index in [1.54, 1.807) is 0 Å². The highest BCUT2D eigenvalue weighted by molar-refractivity contribution is 4.93. The molecule has 0 aliphatic carbocycles. The van der Waals surface area contributed by atoms with Crippen LogP contribution < -0.4 is 5.73 Å². The van der Waals surface area contributed by atoms with Crippen molar-refractivity contribution in [1.29, 1.82) is 0 Å². The lowest BCUT2D eigenvalue weighted by Crippen LogP contribution is -2.32. The Balaban J connectivity index is 1.91. The van der Waals surface area contributed by atoms with E-state index in [2.05, 4.69) is 10.1 Å². The van der Waals surface area contributed by atoms with Gasteiger partial charge in [-0.25, -0.2) is 0 Å². The molecule has 2 N–H and O–H groups in total. The lowest BCUT2D eigenvalue weighted by Gasteiger charge is -2.19. The summed E-state index contributed by atoms with van der Waals surface area (Å²) >= 11 is 0. The average Bonchev–Trinajstić information content (AvgIpc) is 2.75. The summed E-state index contributed by atoms with van der Waals surface area (Å²) < 4.78 is 15.9. The number of hydrogen-bond donors (Lipinski definition) is 1. The molecule has 0 spiro atoms. The molecule has 1 fully saturated rings. The fourth-order valence-electron chi connectivity index (χ4n) is 1.57. The molecular weight excluding hydrogens is 222 g/mol. The Hall–Kier alpha value is -0.980. The van der Waals surface area contributed by atoms with Crippen LogP contribution in [-0.2, 0) is 15.9 Å². The van der Waals surface area contributed by atoms with E-state index in [0.717, 1.165) is 6.42 Å². The molecule has 6 heteroatoms. The Morgan fingerprint density at radius 1 is 1.41 bits per heavy atom. The minimum absolute atomic E-state index is 0.202. The Kier molecular flexibility index (Phi) is 3.76. The number of nitrogens with two attached hydrogens (primary N) is 1. The maximum absolute atomic E-state index is 5.90. The zero-order chi connectivity index (χ0) is 12.3. The van der Waals surface area contributed by atoms with Gasteiger partial charge >= 0.3 is 0 Å². The average molecular weight is 241 g/mol. The van der Waals surface area contributed by atoms with E-state index in [0.29, 0.717) is 38.0 Å². The van der Waals surface area contributed by atoms with Crippen molar-refractivity contribution in [2.45, 2.75) is 38.3 Å². The van der Waals surface area contributed by atoms with Crippen molar-refractivity contribution < 1.29 is 14.0 Å². The molecule has 0 saturated carbocycles. The molecular formula is C11H19N3O3. The van der Waals surface area contributed by atoms with Crippen molar-refractivity contribution in [2.24, 2.45) is 5.73 Å². The molecule has 0 radical (unpaired) electrons. The van der Waals surface area contributed by atoms with Crippen LogP contribution in [0.5, 0.6) is 0 Å². The number of rotatable bonds is 4. The first kappa shape index (κ1) is 12.5.